The summed E-state index contributed by atoms with van der Waals surface area (Å²) in [6.07, 6.45) is 0. The summed E-state index contributed by atoms with van der Waals surface area (Å²) in [5, 5.41) is 5.38. The first-order valence-electron chi connectivity index (χ1n) is 5.35. The van der Waals surface area contributed by atoms with Crippen molar-refractivity contribution in [2.75, 3.05) is 25.6 Å². The number of methoxy groups -OCH3 is 1. The fourth-order valence-corrected chi connectivity index (χ4v) is 2.18. The van der Waals surface area contributed by atoms with E-state index in [-0.39, 0.29) is 5.56 Å². The van der Waals surface area contributed by atoms with Gasteiger partial charge in [0.1, 0.15) is 0 Å². The molecule has 2 rings (SSSR count). The van der Waals surface area contributed by atoms with Crippen LogP contribution in [0.2, 0.25) is 0 Å². The maximum absolute atomic E-state index is 13.6. The Morgan fingerprint density at radius 3 is 3.00 bits per heavy atom. The van der Waals surface area contributed by atoms with Crippen LogP contribution < -0.4 is 5.32 Å². The van der Waals surface area contributed by atoms with Crippen LogP contribution in [0, 0.1) is 11.6 Å². The summed E-state index contributed by atoms with van der Waals surface area (Å²) in [5.41, 5.74) is 0.600. The molecule has 0 aliphatic rings. The summed E-state index contributed by atoms with van der Waals surface area (Å²) in [7, 11) is 1.61. The van der Waals surface area contributed by atoms with Crippen molar-refractivity contribution in [2.24, 2.45) is 0 Å². The summed E-state index contributed by atoms with van der Waals surface area (Å²) < 4.78 is 31.5. The predicted molar refractivity (Wildman–Crippen MR) is 67.8 cm³/mol. The number of nitrogens with zero attached hydrogens (tertiary/aromatic N) is 1. The molecule has 6 heteroatoms. The molecule has 1 heterocycles. The van der Waals surface area contributed by atoms with Gasteiger partial charge in [-0.15, -0.1) is 11.3 Å². The van der Waals surface area contributed by atoms with E-state index in [1.54, 1.807) is 12.5 Å². The number of ether oxygens (including phenoxy) is 1. The molecule has 0 aliphatic heterocycles. The zero-order valence-electron chi connectivity index (χ0n) is 9.74. The highest BCUT2D eigenvalue weighted by Gasteiger charge is 2.12. The fraction of sp³-hybridized carbons (Fsp3) is 0.250. The Morgan fingerprint density at radius 1 is 1.39 bits per heavy atom. The molecule has 0 radical (unpaired) electrons. The van der Waals surface area contributed by atoms with Crippen LogP contribution in [0.4, 0.5) is 13.9 Å². The highest BCUT2D eigenvalue weighted by atomic mass is 32.1. The van der Waals surface area contributed by atoms with Crippen LogP contribution in [-0.2, 0) is 4.74 Å². The molecule has 0 atom stereocenters. The van der Waals surface area contributed by atoms with Crippen LogP contribution in [0.5, 0.6) is 0 Å². The van der Waals surface area contributed by atoms with Crippen LogP contribution in [0.15, 0.2) is 23.6 Å². The Kier molecular flexibility index (Phi) is 4.22. The molecule has 1 aromatic heterocycles. The van der Waals surface area contributed by atoms with E-state index in [0.717, 1.165) is 6.07 Å². The number of thiazole rings is 1. The molecular weight excluding hydrogens is 258 g/mol. The van der Waals surface area contributed by atoms with E-state index < -0.39 is 11.6 Å². The molecule has 3 nitrogen and oxygen atoms in total. The number of hydrogen-bond donors (Lipinski definition) is 1. The second kappa shape index (κ2) is 5.88. The predicted octanol–water partition coefficient (Wildman–Crippen LogP) is 3.15. The first kappa shape index (κ1) is 12.9. The van der Waals surface area contributed by atoms with Crippen molar-refractivity contribution in [2.45, 2.75) is 0 Å². The van der Waals surface area contributed by atoms with Gasteiger partial charge in [0.2, 0.25) is 0 Å². The molecule has 0 bridgehead atoms. The lowest BCUT2D eigenvalue weighted by Crippen LogP contribution is -2.07. The van der Waals surface area contributed by atoms with Gasteiger partial charge in [0, 0.05) is 24.6 Å². The second-order valence-electron chi connectivity index (χ2n) is 3.56. The van der Waals surface area contributed by atoms with E-state index in [2.05, 4.69) is 10.3 Å². The quantitative estimate of drug-likeness (QED) is 0.847. The van der Waals surface area contributed by atoms with Gasteiger partial charge >= 0.3 is 0 Å². The summed E-state index contributed by atoms with van der Waals surface area (Å²) in [6, 6.07) is 4.06. The van der Waals surface area contributed by atoms with Crippen molar-refractivity contribution < 1.29 is 13.5 Å². The molecule has 96 valence electrons. The normalized spacial score (nSPS) is 10.6. The second-order valence-corrected chi connectivity index (χ2v) is 4.42. The largest absolute Gasteiger partial charge is 0.383 e. The van der Waals surface area contributed by atoms with Crippen molar-refractivity contribution in [1.82, 2.24) is 4.98 Å². The summed E-state index contributed by atoms with van der Waals surface area (Å²) >= 11 is 1.34. The Labute approximate surface area is 107 Å². The van der Waals surface area contributed by atoms with Gasteiger partial charge in [-0.05, 0) is 12.1 Å². The molecule has 0 fully saturated rings. The molecule has 0 spiro atoms. The van der Waals surface area contributed by atoms with Crippen LogP contribution >= 0.6 is 11.3 Å². The Hall–Kier alpha value is -1.53. The minimum atomic E-state index is -0.869. The zero-order chi connectivity index (χ0) is 13.0. The average Bonchev–Trinajstić information content (AvgIpc) is 2.82. The molecule has 2 aromatic rings. The number of aromatic nitrogens is 1. The molecule has 1 aromatic carbocycles. The Morgan fingerprint density at radius 2 is 2.22 bits per heavy atom. The highest BCUT2D eigenvalue weighted by Crippen LogP contribution is 2.27. The van der Waals surface area contributed by atoms with E-state index >= 15 is 0 Å². The van der Waals surface area contributed by atoms with Crippen molar-refractivity contribution in [3.05, 3.63) is 35.2 Å². The Balaban J connectivity index is 2.16. The summed E-state index contributed by atoms with van der Waals surface area (Å²) in [4.78, 5) is 4.20. The molecule has 0 unspecified atom stereocenters. The van der Waals surface area contributed by atoms with E-state index in [9.17, 15) is 8.78 Å². The lowest BCUT2D eigenvalue weighted by molar-refractivity contribution is 0.211. The van der Waals surface area contributed by atoms with Crippen LogP contribution in [0.1, 0.15) is 0 Å². The number of nitrogens with one attached hydrogen (secondary N) is 1. The molecule has 18 heavy (non-hydrogen) atoms. The van der Waals surface area contributed by atoms with Gasteiger partial charge in [0.15, 0.2) is 16.8 Å². The van der Waals surface area contributed by atoms with E-state index in [1.807, 2.05) is 0 Å². The van der Waals surface area contributed by atoms with Gasteiger partial charge in [-0.2, -0.15) is 0 Å². The van der Waals surface area contributed by atoms with Gasteiger partial charge in [0.05, 0.1) is 12.3 Å². The average molecular weight is 270 g/mol. The number of anilines is 1. The van der Waals surface area contributed by atoms with Crippen LogP contribution in [0.3, 0.4) is 0 Å². The van der Waals surface area contributed by atoms with Crippen molar-refractivity contribution >= 4 is 16.5 Å². The topological polar surface area (TPSA) is 34.1 Å². The highest BCUT2D eigenvalue weighted by molar-refractivity contribution is 7.14. The number of rotatable bonds is 5. The van der Waals surface area contributed by atoms with Crippen LogP contribution in [0.25, 0.3) is 11.3 Å². The minimum absolute atomic E-state index is 0.172. The molecule has 0 saturated heterocycles. The number of benzene rings is 1. The number of halogens is 2. The third-order valence-electron chi connectivity index (χ3n) is 2.31. The summed E-state index contributed by atoms with van der Waals surface area (Å²) in [6.45, 7) is 1.18. The fourth-order valence-electron chi connectivity index (χ4n) is 1.44. The Bertz CT molecular complexity index is 531. The standard InChI is InChI=1S/C12H12F2N2OS/c1-17-6-5-15-12-16-10(7-18-12)8-3-2-4-9(13)11(8)14/h2-4,7H,5-6H2,1H3,(H,15,16). The first-order chi connectivity index (χ1) is 8.72. The van der Waals surface area contributed by atoms with Gasteiger partial charge in [-0.3, -0.25) is 0 Å². The molecular formula is C12H12F2N2OS. The smallest absolute Gasteiger partial charge is 0.183 e. The maximum atomic E-state index is 13.6. The van der Waals surface area contributed by atoms with Crippen molar-refractivity contribution in [1.29, 1.82) is 0 Å². The molecule has 0 aliphatic carbocycles. The van der Waals surface area contributed by atoms with Gasteiger partial charge < -0.3 is 10.1 Å². The van der Waals surface area contributed by atoms with Gasteiger partial charge in [-0.1, -0.05) is 6.07 Å². The van der Waals surface area contributed by atoms with E-state index in [4.69, 9.17) is 4.74 Å². The maximum Gasteiger partial charge on any atom is 0.183 e. The van der Waals surface area contributed by atoms with Gasteiger partial charge in [-0.25, -0.2) is 13.8 Å². The monoisotopic (exact) mass is 270 g/mol. The first-order valence-corrected chi connectivity index (χ1v) is 6.23. The number of hydrogen-bond acceptors (Lipinski definition) is 4. The van der Waals surface area contributed by atoms with Crippen molar-refractivity contribution in [3.8, 4) is 11.3 Å². The SMILES string of the molecule is COCCNc1nc(-c2cccc(F)c2F)cs1. The minimum Gasteiger partial charge on any atom is -0.383 e. The summed E-state index contributed by atoms with van der Waals surface area (Å²) in [5.74, 6) is -1.74. The zero-order valence-corrected chi connectivity index (χ0v) is 10.6. The lowest BCUT2D eigenvalue weighted by Gasteiger charge is -2.01. The third kappa shape index (κ3) is 2.83. The van der Waals surface area contributed by atoms with E-state index in [0.29, 0.717) is 24.0 Å². The van der Waals surface area contributed by atoms with Crippen LogP contribution in [-0.4, -0.2) is 25.2 Å². The lowest BCUT2D eigenvalue weighted by atomic mass is 10.1. The molecule has 1 N–H and O–H groups in total. The van der Waals surface area contributed by atoms with E-state index in [1.165, 1.54) is 23.5 Å². The van der Waals surface area contributed by atoms with Crippen molar-refractivity contribution in [3.63, 3.8) is 0 Å². The molecule has 0 saturated carbocycles. The molecule has 0 amide bonds. The van der Waals surface area contributed by atoms with Gasteiger partial charge in [0.25, 0.3) is 0 Å². The third-order valence-corrected chi connectivity index (χ3v) is 3.11.